The van der Waals surface area contributed by atoms with Crippen LogP contribution in [0.25, 0.3) is 11.3 Å². The molecule has 1 atom stereocenters. The number of benzene rings is 1. The summed E-state index contributed by atoms with van der Waals surface area (Å²) in [5.74, 6) is -0.0781. The maximum absolute atomic E-state index is 11.0. The van der Waals surface area contributed by atoms with Crippen LogP contribution in [0, 0.1) is 0 Å². The number of hydrogen-bond donors (Lipinski definition) is 2. The molecule has 1 unspecified atom stereocenters. The highest BCUT2D eigenvalue weighted by Gasteiger charge is 2.14. The average molecular weight is 329 g/mol. The third kappa shape index (κ3) is 3.24. The van der Waals surface area contributed by atoms with E-state index in [1.165, 1.54) is 6.92 Å². The maximum Gasteiger partial charge on any atom is 0.221 e. The topological polar surface area (TPSA) is 68.0 Å². The van der Waals surface area contributed by atoms with E-state index in [9.17, 15) is 4.79 Å². The van der Waals surface area contributed by atoms with Gasteiger partial charge >= 0.3 is 0 Å². The lowest BCUT2D eigenvalue weighted by atomic mass is 10.1. The van der Waals surface area contributed by atoms with Gasteiger partial charge in [-0.15, -0.1) is 22.7 Å². The van der Waals surface area contributed by atoms with E-state index in [0.29, 0.717) is 0 Å². The number of aromatic nitrogens is 1. The van der Waals surface area contributed by atoms with Crippen molar-refractivity contribution in [2.24, 2.45) is 5.73 Å². The van der Waals surface area contributed by atoms with E-state index in [1.807, 2.05) is 47.2 Å². The fraction of sp³-hybridized carbons (Fsp3) is 0.125. The molecule has 0 saturated heterocycles. The van der Waals surface area contributed by atoms with E-state index in [0.717, 1.165) is 26.8 Å². The lowest BCUT2D eigenvalue weighted by molar-refractivity contribution is -0.114. The lowest BCUT2D eigenvalue weighted by Gasteiger charge is -2.05. The average Bonchev–Trinajstić information content (AvgIpc) is 3.19. The number of nitrogens with one attached hydrogen (secondary N) is 1. The summed E-state index contributed by atoms with van der Waals surface area (Å²) in [6.07, 6.45) is 0. The molecular weight excluding hydrogens is 314 g/mol. The molecule has 22 heavy (non-hydrogen) atoms. The lowest BCUT2D eigenvalue weighted by Crippen LogP contribution is -2.09. The van der Waals surface area contributed by atoms with Crippen LogP contribution in [0.5, 0.6) is 0 Å². The number of carbonyl (C=O) groups is 1. The Kier molecular flexibility index (Phi) is 4.33. The molecule has 0 saturated carbocycles. The Hall–Kier alpha value is -2.02. The number of nitrogens with two attached hydrogens (primary N) is 1. The molecular formula is C16H15N3OS2. The molecule has 3 rings (SSSR count). The predicted octanol–water partition coefficient (Wildman–Crippen LogP) is 3.88. The van der Waals surface area contributed by atoms with E-state index in [1.54, 1.807) is 22.7 Å². The van der Waals surface area contributed by atoms with E-state index in [4.69, 9.17) is 5.73 Å². The molecule has 0 radical (unpaired) electrons. The third-order valence-electron chi connectivity index (χ3n) is 3.14. The normalized spacial score (nSPS) is 12.1. The summed E-state index contributed by atoms with van der Waals surface area (Å²) in [5, 5.41) is 7.68. The van der Waals surface area contributed by atoms with E-state index >= 15 is 0 Å². The Morgan fingerprint density at radius 1 is 1.23 bits per heavy atom. The number of rotatable bonds is 4. The molecule has 2 heterocycles. The van der Waals surface area contributed by atoms with Gasteiger partial charge in [0, 0.05) is 28.4 Å². The van der Waals surface area contributed by atoms with Crippen molar-refractivity contribution in [3.8, 4) is 11.3 Å². The molecule has 6 heteroatoms. The molecule has 112 valence electrons. The van der Waals surface area contributed by atoms with Crippen LogP contribution < -0.4 is 11.1 Å². The van der Waals surface area contributed by atoms with Crippen LogP contribution in [0.2, 0.25) is 0 Å². The smallest absolute Gasteiger partial charge is 0.221 e. The number of carbonyl (C=O) groups excluding carboxylic acids is 1. The highest BCUT2D eigenvalue weighted by atomic mass is 32.1. The molecule has 4 nitrogen and oxygen atoms in total. The van der Waals surface area contributed by atoms with Gasteiger partial charge in [0.1, 0.15) is 5.01 Å². The van der Waals surface area contributed by atoms with Gasteiger partial charge in [0.05, 0.1) is 11.7 Å². The Morgan fingerprint density at radius 2 is 2.00 bits per heavy atom. The number of thiazole rings is 1. The molecule has 0 fully saturated rings. The molecule has 2 aromatic heterocycles. The molecule has 3 aromatic rings. The first-order valence-electron chi connectivity index (χ1n) is 6.76. The largest absolute Gasteiger partial charge is 0.326 e. The maximum atomic E-state index is 11.0. The van der Waals surface area contributed by atoms with Crippen LogP contribution in [0.3, 0.4) is 0 Å². The molecule has 0 aliphatic rings. The van der Waals surface area contributed by atoms with Crippen molar-refractivity contribution in [1.82, 2.24) is 4.98 Å². The zero-order valence-electron chi connectivity index (χ0n) is 11.9. The van der Waals surface area contributed by atoms with Gasteiger partial charge in [-0.1, -0.05) is 18.2 Å². The SMILES string of the molecule is CC(=O)Nc1ccc(-c2csc(C(N)c3cccs3)n2)cc1. The summed E-state index contributed by atoms with van der Waals surface area (Å²) in [6.45, 7) is 1.49. The second-order valence-electron chi connectivity index (χ2n) is 4.82. The molecule has 3 N–H and O–H groups in total. The summed E-state index contributed by atoms with van der Waals surface area (Å²) < 4.78 is 0. The van der Waals surface area contributed by atoms with Crippen molar-refractivity contribution >= 4 is 34.3 Å². The van der Waals surface area contributed by atoms with E-state index in [-0.39, 0.29) is 11.9 Å². The van der Waals surface area contributed by atoms with Gasteiger partial charge in [-0.2, -0.15) is 0 Å². The van der Waals surface area contributed by atoms with Crippen LogP contribution in [0.1, 0.15) is 22.9 Å². The highest BCUT2D eigenvalue weighted by Crippen LogP contribution is 2.30. The number of hydrogen-bond acceptors (Lipinski definition) is 5. The second-order valence-corrected chi connectivity index (χ2v) is 6.69. The van der Waals surface area contributed by atoms with Crippen LogP contribution in [0.4, 0.5) is 5.69 Å². The Bertz CT molecular complexity index is 763. The summed E-state index contributed by atoms with van der Waals surface area (Å²) in [7, 11) is 0. The van der Waals surface area contributed by atoms with Gasteiger partial charge in [0.2, 0.25) is 5.91 Å². The molecule has 0 bridgehead atoms. The second kappa shape index (κ2) is 6.39. The van der Waals surface area contributed by atoms with Crippen molar-refractivity contribution in [2.75, 3.05) is 5.32 Å². The molecule has 0 aliphatic heterocycles. The van der Waals surface area contributed by atoms with Gasteiger partial charge in [0.15, 0.2) is 0 Å². The highest BCUT2D eigenvalue weighted by molar-refractivity contribution is 7.11. The van der Waals surface area contributed by atoms with Crippen molar-refractivity contribution in [3.05, 3.63) is 57.0 Å². The number of anilines is 1. The first-order chi connectivity index (χ1) is 10.6. The quantitative estimate of drug-likeness (QED) is 0.763. The van der Waals surface area contributed by atoms with Gasteiger partial charge in [-0.25, -0.2) is 4.98 Å². The van der Waals surface area contributed by atoms with Gasteiger partial charge in [0.25, 0.3) is 0 Å². The van der Waals surface area contributed by atoms with E-state index < -0.39 is 0 Å². The fourth-order valence-corrected chi connectivity index (χ4v) is 3.73. The number of thiophene rings is 1. The molecule has 0 spiro atoms. The van der Waals surface area contributed by atoms with Crippen LogP contribution in [-0.2, 0) is 4.79 Å². The van der Waals surface area contributed by atoms with Crippen LogP contribution >= 0.6 is 22.7 Å². The third-order valence-corrected chi connectivity index (χ3v) is 5.02. The first-order valence-corrected chi connectivity index (χ1v) is 8.52. The minimum absolute atomic E-state index is 0.0781. The summed E-state index contributed by atoms with van der Waals surface area (Å²) in [4.78, 5) is 16.8. The Balaban J connectivity index is 1.80. The summed E-state index contributed by atoms with van der Waals surface area (Å²) in [5.41, 5.74) is 8.93. The molecule has 1 amide bonds. The Morgan fingerprint density at radius 3 is 2.64 bits per heavy atom. The minimum Gasteiger partial charge on any atom is -0.326 e. The standard InChI is InChI=1S/C16H15N3OS2/c1-10(20)18-12-6-4-11(5-7-12)13-9-22-16(19-13)15(17)14-3-2-8-21-14/h2-9,15H,17H2,1H3,(H,18,20). The number of amides is 1. The van der Waals surface area contributed by atoms with Gasteiger partial charge in [-0.05, 0) is 23.6 Å². The molecule has 1 aromatic carbocycles. The first kappa shape index (κ1) is 14.9. The monoisotopic (exact) mass is 329 g/mol. The minimum atomic E-state index is -0.169. The molecule has 0 aliphatic carbocycles. The van der Waals surface area contributed by atoms with Crippen molar-refractivity contribution < 1.29 is 4.79 Å². The van der Waals surface area contributed by atoms with E-state index in [2.05, 4.69) is 10.3 Å². The van der Waals surface area contributed by atoms with Gasteiger partial charge in [-0.3, -0.25) is 4.79 Å². The summed E-state index contributed by atoms with van der Waals surface area (Å²) >= 11 is 3.21. The zero-order chi connectivity index (χ0) is 15.5. The predicted molar refractivity (Wildman–Crippen MR) is 92.2 cm³/mol. The van der Waals surface area contributed by atoms with Crippen LogP contribution in [0.15, 0.2) is 47.2 Å². The Labute approximate surface area is 136 Å². The zero-order valence-corrected chi connectivity index (χ0v) is 13.6. The van der Waals surface area contributed by atoms with Crippen molar-refractivity contribution in [1.29, 1.82) is 0 Å². The van der Waals surface area contributed by atoms with Crippen LogP contribution in [-0.4, -0.2) is 10.9 Å². The van der Waals surface area contributed by atoms with Crippen molar-refractivity contribution in [2.45, 2.75) is 13.0 Å². The summed E-state index contributed by atoms with van der Waals surface area (Å²) in [6, 6.07) is 11.5. The van der Waals surface area contributed by atoms with Gasteiger partial charge < -0.3 is 11.1 Å². The fourth-order valence-electron chi connectivity index (χ4n) is 2.08. The number of nitrogens with zero attached hydrogens (tertiary/aromatic N) is 1. The van der Waals surface area contributed by atoms with Crippen molar-refractivity contribution in [3.63, 3.8) is 0 Å².